The van der Waals surface area contributed by atoms with Gasteiger partial charge >= 0.3 is 12.0 Å². The van der Waals surface area contributed by atoms with Crippen LogP contribution >= 0.6 is 0 Å². The van der Waals surface area contributed by atoms with E-state index in [0.717, 1.165) is 22.0 Å². The molecule has 2 amide bonds. The lowest BCUT2D eigenvalue weighted by Crippen LogP contribution is -3.08. The van der Waals surface area contributed by atoms with Crippen LogP contribution in [0.1, 0.15) is 19.4 Å². The monoisotopic (exact) mass is 362 g/mol. The van der Waals surface area contributed by atoms with E-state index in [9.17, 15) is 9.59 Å². The predicted molar refractivity (Wildman–Crippen MR) is 92.8 cm³/mol. The van der Waals surface area contributed by atoms with E-state index in [0.29, 0.717) is 24.4 Å². The zero-order valence-electron chi connectivity index (χ0n) is 15.2. The van der Waals surface area contributed by atoms with Crippen molar-refractivity contribution < 1.29 is 28.7 Å². The number of rotatable bonds is 6. The first-order chi connectivity index (χ1) is 12.5. The van der Waals surface area contributed by atoms with Gasteiger partial charge in [0.1, 0.15) is 13.1 Å². The molecule has 0 saturated heterocycles. The van der Waals surface area contributed by atoms with Gasteiger partial charge in [0.2, 0.25) is 6.79 Å². The molecular formula is C18H24N3O5+. The maximum absolute atomic E-state index is 12.3. The van der Waals surface area contributed by atoms with E-state index in [1.54, 1.807) is 13.8 Å². The number of carbonyl (C=O) groups excluding carboxylic acids is 2. The lowest BCUT2D eigenvalue weighted by atomic mass is 10.0. The van der Waals surface area contributed by atoms with Crippen molar-refractivity contribution in [2.75, 3.05) is 27.0 Å². The third-order valence-corrected chi connectivity index (χ3v) is 4.29. The second-order valence-corrected chi connectivity index (χ2v) is 6.43. The standard InChI is InChI=1S/C18H23N3O5/c1-4-24-17(22)16-11(2)19-18(23)20-13(16)9-21(3)8-12-5-6-14-15(7-12)26-10-25-14/h5-7,11H,4,8-10H2,1-3H3,(H2,19,20,23)/p+1/t11-/m0/s1. The van der Waals surface area contributed by atoms with Crippen molar-refractivity contribution in [2.24, 2.45) is 0 Å². The van der Waals surface area contributed by atoms with Gasteiger partial charge in [-0.05, 0) is 32.0 Å². The van der Waals surface area contributed by atoms with Crippen molar-refractivity contribution >= 4 is 12.0 Å². The van der Waals surface area contributed by atoms with Crippen LogP contribution in [0.15, 0.2) is 29.5 Å². The van der Waals surface area contributed by atoms with Gasteiger partial charge < -0.3 is 29.7 Å². The maximum atomic E-state index is 12.3. The lowest BCUT2D eigenvalue weighted by Gasteiger charge is -2.27. The van der Waals surface area contributed by atoms with Crippen LogP contribution in [0.25, 0.3) is 0 Å². The summed E-state index contributed by atoms with van der Waals surface area (Å²) >= 11 is 0. The number of fused-ring (bicyclic) bond motifs is 1. The molecule has 2 atom stereocenters. The van der Waals surface area contributed by atoms with Crippen LogP contribution in [0, 0.1) is 0 Å². The number of urea groups is 1. The Morgan fingerprint density at radius 1 is 1.31 bits per heavy atom. The van der Waals surface area contributed by atoms with Gasteiger partial charge in [-0.1, -0.05) is 0 Å². The van der Waals surface area contributed by atoms with E-state index in [1.165, 1.54) is 0 Å². The summed E-state index contributed by atoms with van der Waals surface area (Å²) in [6.45, 7) is 5.26. The van der Waals surface area contributed by atoms with Crippen LogP contribution in [0.4, 0.5) is 4.79 Å². The minimum absolute atomic E-state index is 0.244. The van der Waals surface area contributed by atoms with Crippen LogP contribution in [0.5, 0.6) is 11.5 Å². The number of quaternary nitrogens is 1. The molecule has 3 rings (SSSR count). The first-order valence-electron chi connectivity index (χ1n) is 8.65. The summed E-state index contributed by atoms with van der Waals surface area (Å²) in [5, 5.41) is 5.46. The molecule has 1 unspecified atom stereocenters. The largest absolute Gasteiger partial charge is 0.463 e. The molecule has 3 N–H and O–H groups in total. The molecule has 8 heteroatoms. The molecular weight excluding hydrogens is 338 g/mol. The van der Waals surface area contributed by atoms with Crippen LogP contribution in [-0.4, -0.2) is 45.0 Å². The molecule has 0 fully saturated rings. The Kier molecular flexibility index (Phi) is 5.32. The first-order valence-corrected chi connectivity index (χ1v) is 8.65. The molecule has 1 aromatic carbocycles. The molecule has 2 aliphatic rings. The molecule has 1 aromatic rings. The summed E-state index contributed by atoms with van der Waals surface area (Å²) in [4.78, 5) is 25.2. The molecule has 0 spiro atoms. The van der Waals surface area contributed by atoms with Crippen molar-refractivity contribution in [3.8, 4) is 11.5 Å². The summed E-state index contributed by atoms with van der Waals surface area (Å²) in [6, 6.07) is 5.13. The molecule has 0 aliphatic carbocycles. The van der Waals surface area contributed by atoms with Gasteiger partial charge in [-0.2, -0.15) is 0 Å². The van der Waals surface area contributed by atoms with Crippen LogP contribution in [-0.2, 0) is 16.1 Å². The Morgan fingerprint density at radius 2 is 2.08 bits per heavy atom. The zero-order valence-corrected chi connectivity index (χ0v) is 15.2. The highest BCUT2D eigenvalue weighted by atomic mass is 16.7. The Bertz CT molecular complexity index is 746. The number of hydrogen-bond donors (Lipinski definition) is 3. The number of esters is 1. The van der Waals surface area contributed by atoms with Gasteiger partial charge in [0.05, 0.1) is 31.0 Å². The minimum atomic E-state index is -0.404. The number of ether oxygens (including phenoxy) is 3. The summed E-state index contributed by atoms with van der Waals surface area (Å²) in [5.74, 6) is 1.09. The van der Waals surface area contributed by atoms with Gasteiger partial charge in [-0.15, -0.1) is 0 Å². The highest BCUT2D eigenvalue weighted by Crippen LogP contribution is 2.32. The molecule has 2 heterocycles. The number of benzene rings is 1. The summed E-state index contributed by atoms with van der Waals surface area (Å²) in [6.07, 6.45) is 0. The SMILES string of the molecule is CCOC(=O)C1=C(C[NH+](C)Cc2ccc3c(c2)OCO3)NC(=O)N[C@H]1C. The second-order valence-electron chi connectivity index (χ2n) is 6.43. The zero-order chi connectivity index (χ0) is 18.7. The summed E-state index contributed by atoms with van der Waals surface area (Å²) < 4.78 is 15.9. The molecule has 0 bridgehead atoms. The van der Waals surface area contributed by atoms with Gasteiger partial charge in [0, 0.05) is 5.56 Å². The van der Waals surface area contributed by atoms with Gasteiger partial charge in [0.25, 0.3) is 0 Å². The predicted octanol–water partition coefficient (Wildman–Crippen LogP) is -0.0515. The minimum Gasteiger partial charge on any atom is -0.463 e. The molecule has 2 aliphatic heterocycles. The second kappa shape index (κ2) is 7.65. The topological polar surface area (TPSA) is 90.3 Å². The van der Waals surface area contributed by atoms with Crippen molar-refractivity contribution in [3.63, 3.8) is 0 Å². The summed E-state index contributed by atoms with van der Waals surface area (Å²) in [7, 11) is 2.00. The van der Waals surface area contributed by atoms with E-state index in [4.69, 9.17) is 14.2 Å². The summed E-state index contributed by atoms with van der Waals surface area (Å²) in [5.41, 5.74) is 2.15. The molecule has 0 aromatic heterocycles. The third kappa shape index (κ3) is 3.91. The van der Waals surface area contributed by atoms with Crippen molar-refractivity contribution in [1.29, 1.82) is 0 Å². The van der Waals surface area contributed by atoms with Gasteiger partial charge in [-0.25, -0.2) is 9.59 Å². The molecule has 26 heavy (non-hydrogen) atoms. The normalized spacial score (nSPS) is 19.7. The van der Waals surface area contributed by atoms with Gasteiger partial charge in [-0.3, -0.25) is 0 Å². The molecule has 8 nitrogen and oxygen atoms in total. The van der Waals surface area contributed by atoms with Gasteiger partial charge in [0.15, 0.2) is 11.5 Å². The highest BCUT2D eigenvalue weighted by molar-refractivity contribution is 5.94. The fourth-order valence-corrected chi connectivity index (χ4v) is 3.18. The van der Waals surface area contributed by atoms with E-state index >= 15 is 0 Å². The van der Waals surface area contributed by atoms with Crippen molar-refractivity contribution in [2.45, 2.75) is 26.4 Å². The van der Waals surface area contributed by atoms with Crippen LogP contribution in [0.3, 0.4) is 0 Å². The average molecular weight is 362 g/mol. The van der Waals surface area contributed by atoms with E-state index in [2.05, 4.69) is 10.6 Å². The molecule has 0 radical (unpaired) electrons. The van der Waals surface area contributed by atoms with Crippen LogP contribution < -0.4 is 25.0 Å². The number of nitrogens with one attached hydrogen (secondary N) is 3. The van der Waals surface area contributed by atoms with Crippen LogP contribution in [0.2, 0.25) is 0 Å². The Hall–Kier alpha value is -2.74. The number of amides is 2. The fraction of sp³-hybridized carbons (Fsp3) is 0.444. The Labute approximate surface area is 152 Å². The third-order valence-electron chi connectivity index (χ3n) is 4.29. The van der Waals surface area contributed by atoms with Crippen molar-refractivity contribution in [3.05, 3.63) is 35.0 Å². The average Bonchev–Trinajstić information content (AvgIpc) is 3.01. The maximum Gasteiger partial charge on any atom is 0.338 e. The highest BCUT2D eigenvalue weighted by Gasteiger charge is 2.31. The van der Waals surface area contributed by atoms with E-state index in [1.807, 2.05) is 25.2 Å². The quantitative estimate of drug-likeness (QED) is 0.618. The number of hydrogen-bond acceptors (Lipinski definition) is 5. The molecule has 140 valence electrons. The Morgan fingerprint density at radius 3 is 2.85 bits per heavy atom. The van der Waals surface area contributed by atoms with E-state index in [-0.39, 0.29) is 19.4 Å². The molecule has 0 saturated carbocycles. The lowest BCUT2D eigenvalue weighted by molar-refractivity contribution is -0.889. The van der Waals surface area contributed by atoms with Crippen molar-refractivity contribution in [1.82, 2.24) is 10.6 Å². The fourth-order valence-electron chi connectivity index (χ4n) is 3.18. The van der Waals surface area contributed by atoms with E-state index < -0.39 is 12.0 Å². The number of carbonyl (C=O) groups is 2. The number of likely N-dealkylation sites (N-methyl/N-ethyl adjacent to an activating group) is 1. The Balaban J connectivity index is 1.74. The smallest absolute Gasteiger partial charge is 0.338 e. The first kappa shape index (κ1) is 18.1.